The fraction of sp³-hybridized carbons (Fsp3) is 0.429. The highest BCUT2D eigenvalue weighted by atomic mass is 32.2. The molecule has 0 aliphatic carbocycles. The molecule has 1 aromatic carbocycles. The molecule has 2 atom stereocenters. The first kappa shape index (κ1) is 15.3. The highest BCUT2D eigenvalue weighted by Gasteiger charge is 2.09. The van der Waals surface area contributed by atoms with Crippen LogP contribution in [0.5, 0.6) is 0 Å². The first-order valence-corrected chi connectivity index (χ1v) is 9.15. The monoisotopic (exact) mass is 284 g/mol. The minimum Gasteiger partial charge on any atom is -0.255 e. The van der Waals surface area contributed by atoms with Crippen molar-refractivity contribution in [2.75, 3.05) is 12.5 Å². The van der Waals surface area contributed by atoms with Crippen LogP contribution in [0.15, 0.2) is 34.1 Å². The second kappa shape index (κ2) is 7.64. The van der Waals surface area contributed by atoms with Crippen molar-refractivity contribution >= 4 is 27.7 Å². The van der Waals surface area contributed by atoms with Gasteiger partial charge in [0.2, 0.25) is 0 Å². The summed E-state index contributed by atoms with van der Waals surface area (Å²) in [6.45, 7) is 2.16. The van der Waals surface area contributed by atoms with Gasteiger partial charge in [-0.3, -0.25) is 8.42 Å². The molecule has 0 amide bonds. The van der Waals surface area contributed by atoms with Gasteiger partial charge in [0.05, 0.1) is 31.4 Å². The molecule has 0 radical (unpaired) electrons. The van der Waals surface area contributed by atoms with Gasteiger partial charge in [-0.05, 0) is 24.1 Å². The lowest BCUT2D eigenvalue weighted by Crippen LogP contribution is -1.98. The largest absolute Gasteiger partial charge is 0.255 e. The van der Waals surface area contributed by atoms with Crippen LogP contribution in [-0.4, -0.2) is 20.9 Å². The van der Waals surface area contributed by atoms with Crippen molar-refractivity contribution in [2.45, 2.75) is 36.0 Å². The van der Waals surface area contributed by atoms with Gasteiger partial charge < -0.3 is 0 Å². The van der Waals surface area contributed by atoms with Crippen molar-refractivity contribution in [2.24, 2.45) is 0 Å². The predicted molar refractivity (Wildman–Crippen MR) is 79.7 cm³/mol. The third kappa shape index (κ3) is 4.50. The quantitative estimate of drug-likeness (QED) is 0.751. The minimum absolute atomic E-state index is 0.668. The maximum absolute atomic E-state index is 11.7. The van der Waals surface area contributed by atoms with E-state index in [-0.39, 0.29) is 0 Å². The van der Waals surface area contributed by atoms with Crippen molar-refractivity contribution in [3.05, 3.63) is 29.8 Å². The number of benzene rings is 1. The van der Waals surface area contributed by atoms with E-state index in [2.05, 4.69) is 13.0 Å². The molecule has 2 nitrogen and oxygen atoms in total. The molecule has 2 unspecified atom stereocenters. The number of hydrogen-bond acceptors (Lipinski definition) is 2. The van der Waals surface area contributed by atoms with E-state index in [0.29, 0.717) is 9.79 Å². The third-order valence-electron chi connectivity index (χ3n) is 2.62. The average molecular weight is 284 g/mol. The fourth-order valence-corrected chi connectivity index (χ4v) is 3.59. The summed E-state index contributed by atoms with van der Waals surface area (Å²) >= 11 is 0. The Hall–Kier alpha value is -0.740. The van der Waals surface area contributed by atoms with Crippen molar-refractivity contribution in [1.29, 1.82) is 0 Å². The second-order valence-corrected chi connectivity index (χ2v) is 6.86. The molecule has 0 saturated heterocycles. The number of unbranched alkanes of at least 4 members (excludes halogenated alkanes) is 2. The summed E-state index contributed by atoms with van der Waals surface area (Å²) in [4.78, 5) is 1.34. The predicted octanol–water partition coefficient (Wildman–Crippen LogP) is 3.36. The van der Waals surface area contributed by atoms with E-state index in [1.165, 1.54) is 12.8 Å². The smallest absolute Gasteiger partial charge is 0.0552 e. The van der Waals surface area contributed by atoms with Crippen LogP contribution >= 0.6 is 0 Å². The zero-order valence-electron chi connectivity index (χ0n) is 11.1. The van der Waals surface area contributed by atoms with Crippen LogP contribution in [0.25, 0.3) is 6.08 Å². The summed E-state index contributed by atoms with van der Waals surface area (Å²) in [6.07, 6.45) is 10.8. The summed E-state index contributed by atoms with van der Waals surface area (Å²) in [7, 11) is -2.20. The SMILES string of the molecule is CCCC/C=C/c1ccc(S(C)=O)c(S(C)=O)c1. The molecule has 1 aromatic rings. The van der Waals surface area contributed by atoms with Crippen molar-refractivity contribution in [1.82, 2.24) is 0 Å². The summed E-state index contributed by atoms with van der Waals surface area (Å²) in [5.74, 6) is 0. The average Bonchev–Trinajstić information content (AvgIpc) is 2.34. The second-order valence-electron chi connectivity index (χ2n) is 4.16. The molecule has 0 saturated carbocycles. The van der Waals surface area contributed by atoms with Crippen molar-refractivity contribution < 1.29 is 8.42 Å². The maximum Gasteiger partial charge on any atom is 0.0552 e. The number of allylic oxidation sites excluding steroid dienone is 1. The minimum atomic E-state index is -1.11. The first-order chi connectivity index (χ1) is 8.56. The summed E-state index contributed by atoms with van der Waals surface area (Å²) in [6, 6.07) is 5.61. The Kier molecular flexibility index (Phi) is 6.50. The van der Waals surface area contributed by atoms with Crippen LogP contribution in [0.4, 0.5) is 0 Å². The standard InChI is InChI=1S/C14H20O2S2/c1-4-5-6-7-8-12-9-10-13(17(2)15)14(11-12)18(3)16/h7-11H,4-6H2,1-3H3/b8-7+. The number of hydrogen-bond donors (Lipinski definition) is 0. The Morgan fingerprint density at radius 2 is 1.78 bits per heavy atom. The lowest BCUT2D eigenvalue weighted by Gasteiger charge is -2.05. The van der Waals surface area contributed by atoms with Crippen LogP contribution in [0.3, 0.4) is 0 Å². The highest BCUT2D eigenvalue weighted by Crippen LogP contribution is 2.19. The normalized spacial score (nSPS) is 14.8. The van der Waals surface area contributed by atoms with Gasteiger partial charge in [0.25, 0.3) is 0 Å². The molecule has 0 fully saturated rings. The first-order valence-electron chi connectivity index (χ1n) is 6.03. The molecule has 0 heterocycles. The van der Waals surface area contributed by atoms with Gasteiger partial charge in [-0.25, -0.2) is 0 Å². The molecule has 0 spiro atoms. The molecule has 0 aliphatic rings. The Morgan fingerprint density at radius 1 is 1.11 bits per heavy atom. The zero-order chi connectivity index (χ0) is 13.5. The van der Waals surface area contributed by atoms with Crippen LogP contribution in [0.1, 0.15) is 31.7 Å². The molecular formula is C14H20O2S2. The van der Waals surface area contributed by atoms with E-state index in [9.17, 15) is 8.42 Å². The molecule has 100 valence electrons. The van der Waals surface area contributed by atoms with Gasteiger partial charge in [0, 0.05) is 12.5 Å². The Morgan fingerprint density at radius 3 is 2.33 bits per heavy atom. The highest BCUT2D eigenvalue weighted by molar-refractivity contribution is 7.87. The zero-order valence-corrected chi connectivity index (χ0v) is 12.8. The lowest BCUT2D eigenvalue weighted by molar-refractivity contribution is 0.678. The van der Waals surface area contributed by atoms with E-state index >= 15 is 0 Å². The lowest BCUT2D eigenvalue weighted by atomic mass is 10.2. The van der Waals surface area contributed by atoms with E-state index in [0.717, 1.165) is 12.0 Å². The van der Waals surface area contributed by atoms with Crippen LogP contribution in [0, 0.1) is 0 Å². The molecule has 18 heavy (non-hydrogen) atoms. The molecule has 0 N–H and O–H groups in total. The van der Waals surface area contributed by atoms with Gasteiger partial charge in [-0.15, -0.1) is 0 Å². The maximum atomic E-state index is 11.7. The van der Waals surface area contributed by atoms with E-state index < -0.39 is 21.6 Å². The molecular weight excluding hydrogens is 264 g/mol. The van der Waals surface area contributed by atoms with Crippen LogP contribution in [-0.2, 0) is 21.6 Å². The molecule has 0 aromatic heterocycles. The van der Waals surface area contributed by atoms with E-state index in [1.807, 2.05) is 24.3 Å². The summed E-state index contributed by atoms with van der Waals surface area (Å²) < 4.78 is 23.2. The summed E-state index contributed by atoms with van der Waals surface area (Å²) in [5.41, 5.74) is 1.02. The van der Waals surface area contributed by atoms with Crippen molar-refractivity contribution in [3.63, 3.8) is 0 Å². The van der Waals surface area contributed by atoms with E-state index in [4.69, 9.17) is 0 Å². The van der Waals surface area contributed by atoms with Gasteiger partial charge in [-0.1, -0.05) is 38.0 Å². The molecule has 0 aliphatic heterocycles. The molecule has 1 rings (SSSR count). The topological polar surface area (TPSA) is 34.1 Å². The fourth-order valence-electron chi connectivity index (χ4n) is 1.63. The Balaban J connectivity index is 2.97. The van der Waals surface area contributed by atoms with Crippen LogP contribution in [0.2, 0.25) is 0 Å². The Bertz CT molecular complexity index is 479. The van der Waals surface area contributed by atoms with Gasteiger partial charge in [-0.2, -0.15) is 0 Å². The number of rotatable bonds is 6. The van der Waals surface area contributed by atoms with Gasteiger partial charge in [0.1, 0.15) is 0 Å². The van der Waals surface area contributed by atoms with Crippen molar-refractivity contribution in [3.8, 4) is 0 Å². The Labute approximate surface area is 114 Å². The summed E-state index contributed by atoms with van der Waals surface area (Å²) in [5, 5.41) is 0. The molecule has 0 bridgehead atoms. The van der Waals surface area contributed by atoms with Gasteiger partial charge >= 0.3 is 0 Å². The molecule has 4 heteroatoms. The van der Waals surface area contributed by atoms with Gasteiger partial charge in [0.15, 0.2) is 0 Å². The van der Waals surface area contributed by atoms with Crippen LogP contribution < -0.4 is 0 Å². The third-order valence-corrected chi connectivity index (χ3v) is 4.68. The van der Waals surface area contributed by atoms with E-state index in [1.54, 1.807) is 12.5 Å².